The van der Waals surface area contributed by atoms with E-state index >= 15 is 0 Å². The van der Waals surface area contributed by atoms with Crippen LogP contribution in [-0.2, 0) is 20.7 Å². The van der Waals surface area contributed by atoms with Gasteiger partial charge in [0.15, 0.2) is 0 Å². The van der Waals surface area contributed by atoms with Gasteiger partial charge in [-0.2, -0.15) is 0 Å². The van der Waals surface area contributed by atoms with Crippen LogP contribution < -0.4 is 5.32 Å². The second kappa shape index (κ2) is 10.6. The van der Waals surface area contributed by atoms with Gasteiger partial charge in [0.25, 0.3) is 0 Å². The summed E-state index contributed by atoms with van der Waals surface area (Å²) in [5.74, 6) is 0.266. The lowest BCUT2D eigenvalue weighted by molar-refractivity contribution is -0.131. The predicted octanol–water partition coefficient (Wildman–Crippen LogP) is 1.76. The minimum Gasteiger partial charge on any atom is -0.376 e. The molecule has 0 radical (unpaired) electrons. The highest BCUT2D eigenvalue weighted by molar-refractivity contribution is 5.78. The molecule has 1 unspecified atom stereocenters. The van der Waals surface area contributed by atoms with E-state index < -0.39 is 0 Å². The van der Waals surface area contributed by atoms with Crippen LogP contribution in [0.3, 0.4) is 0 Å². The Labute approximate surface area is 168 Å². The summed E-state index contributed by atoms with van der Waals surface area (Å²) in [6.07, 6.45) is 4.54. The lowest BCUT2D eigenvalue weighted by Gasteiger charge is -2.22. The average molecular weight is 388 g/mol. The zero-order chi connectivity index (χ0) is 19.8. The Morgan fingerprint density at radius 1 is 1.14 bits per heavy atom. The molecule has 2 aliphatic heterocycles. The third-order valence-corrected chi connectivity index (χ3v) is 5.73. The van der Waals surface area contributed by atoms with Gasteiger partial charge in [-0.3, -0.25) is 14.5 Å². The number of nitrogens with one attached hydrogen (secondary N) is 1. The molecule has 1 aromatic rings. The molecule has 0 aromatic heterocycles. The Hall–Kier alpha value is -1.92. The number of rotatable bonds is 7. The van der Waals surface area contributed by atoms with Crippen LogP contribution >= 0.6 is 0 Å². The van der Waals surface area contributed by atoms with E-state index in [2.05, 4.69) is 29.3 Å². The van der Waals surface area contributed by atoms with Gasteiger partial charge in [0.1, 0.15) is 0 Å². The van der Waals surface area contributed by atoms with Crippen molar-refractivity contribution in [1.82, 2.24) is 15.1 Å². The Morgan fingerprint density at radius 2 is 2.00 bits per heavy atom. The largest absolute Gasteiger partial charge is 0.376 e. The molecular formula is C22H33N3O3. The lowest BCUT2D eigenvalue weighted by Crippen LogP contribution is -2.42. The summed E-state index contributed by atoms with van der Waals surface area (Å²) < 4.78 is 5.54. The number of amides is 2. The fourth-order valence-electron chi connectivity index (χ4n) is 3.96. The molecule has 1 N–H and O–H groups in total. The van der Waals surface area contributed by atoms with Gasteiger partial charge in [0.05, 0.1) is 12.6 Å². The maximum atomic E-state index is 12.6. The van der Waals surface area contributed by atoms with Crippen LogP contribution in [0.5, 0.6) is 0 Å². The van der Waals surface area contributed by atoms with Crippen molar-refractivity contribution in [2.24, 2.45) is 0 Å². The fraction of sp³-hybridized carbons (Fsp3) is 0.636. The number of nitrogens with zero attached hydrogens (tertiary/aromatic N) is 2. The summed E-state index contributed by atoms with van der Waals surface area (Å²) in [5, 5.41) is 2.98. The average Bonchev–Trinajstić information content (AvgIpc) is 3.11. The number of aryl methyl sites for hydroxylation is 2. The molecular weight excluding hydrogens is 354 g/mol. The first-order valence-electron chi connectivity index (χ1n) is 10.5. The van der Waals surface area contributed by atoms with E-state index in [1.165, 1.54) is 11.1 Å². The lowest BCUT2D eigenvalue weighted by atomic mass is 10.0. The van der Waals surface area contributed by atoms with E-state index in [-0.39, 0.29) is 17.9 Å². The van der Waals surface area contributed by atoms with Crippen LogP contribution in [0.15, 0.2) is 24.3 Å². The highest BCUT2D eigenvalue weighted by atomic mass is 16.5. The molecule has 0 bridgehead atoms. The number of ether oxygens (including phenoxy) is 1. The number of carbonyl (C=O) groups excluding carboxylic acids is 2. The monoisotopic (exact) mass is 387 g/mol. The van der Waals surface area contributed by atoms with Crippen LogP contribution in [0.2, 0.25) is 0 Å². The third kappa shape index (κ3) is 6.31. The maximum absolute atomic E-state index is 12.6. The first-order valence-corrected chi connectivity index (χ1v) is 10.5. The molecule has 2 heterocycles. The topological polar surface area (TPSA) is 61.9 Å². The standard InChI is InChI=1S/C22H33N3O3/c1-18-6-2-3-7-19(18)9-10-22(27)25-12-5-11-24(13-14-25)17-21(26)23-16-20-8-4-15-28-20/h2-3,6-7,20H,4-5,8-17H2,1H3,(H,23,26). The van der Waals surface area contributed by atoms with Crippen LogP contribution in [0, 0.1) is 6.92 Å². The summed E-state index contributed by atoms with van der Waals surface area (Å²) >= 11 is 0. The van der Waals surface area contributed by atoms with E-state index in [0.29, 0.717) is 26.1 Å². The van der Waals surface area contributed by atoms with E-state index in [0.717, 1.165) is 51.9 Å². The van der Waals surface area contributed by atoms with Crippen molar-refractivity contribution >= 4 is 11.8 Å². The van der Waals surface area contributed by atoms with Gasteiger partial charge in [-0.25, -0.2) is 0 Å². The van der Waals surface area contributed by atoms with E-state index in [9.17, 15) is 9.59 Å². The Kier molecular flexibility index (Phi) is 7.86. The minimum absolute atomic E-state index is 0.0508. The number of hydrogen-bond donors (Lipinski definition) is 1. The minimum atomic E-state index is 0.0508. The van der Waals surface area contributed by atoms with Crippen molar-refractivity contribution in [2.45, 2.75) is 45.1 Å². The molecule has 0 spiro atoms. The van der Waals surface area contributed by atoms with Gasteiger partial charge in [-0.1, -0.05) is 24.3 Å². The normalized spacial score (nSPS) is 20.8. The number of benzene rings is 1. The summed E-state index contributed by atoms with van der Waals surface area (Å²) in [6.45, 7) is 6.99. The molecule has 2 fully saturated rings. The van der Waals surface area contributed by atoms with Gasteiger partial charge >= 0.3 is 0 Å². The van der Waals surface area contributed by atoms with Gasteiger partial charge in [0, 0.05) is 45.8 Å². The molecule has 3 rings (SSSR count). The molecule has 2 aliphatic rings. The smallest absolute Gasteiger partial charge is 0.234 e. The van der Waals surface area contributed by atoms with Crippen molar-refractivity contribution in [3.8, 4) is 0 Å². The quantitative estimate of drug-likeness (QED) is 0.774. The zero-order valence-corrected chi connectivity index (χ0v) is 17.0. The van der Waals surface area contributed by atoms with Crippen molar-refractivity contribution in [3.63, 3.8) is 0 Å². The Morgan fingerprint density at radius 3 is 2.79 bits per heavy atom. The number of hydrogen-bond acceptors (Lipinski definition) is 4. The number of carbonyl (C=O) groups is 2. The third-order valence-electron chi connectivity index (χ3n) is 5.73. The van der Waals surface area contributed by atoms with Crippen molar-refractivity contribution in [1.29, 1.82) is 0 Å². The summed E-state index contributed by atoms with van der Waals surface area (Å²) in [4.78, 5) is 28.9. The summed E-state index contributed by atoms with van der Waals surface area (Å²) in [6, 6.07) is 8.25. The summed E-state index contributed by atoms with van der Waals surface area (Å²) in [5.41, 5.74) is 2.49. The zero-order valence-electron chi connectivity index (χ0n) is 17.0. The predicted molar refractivity (Wildman–Crippen MR) is 109 cm³/mol. The summed E-state index contributed by atoms with van der Waals surface area (Å²) in [7, 11) is 0. The van der Waals surface area contributed by atoms with Gasteiger partial charge < -0.3 is 15.0 Å². The van der Waals surface area contributed by atoms with Crippen LogP contribution in [0.4, 0.5) is 0 Å². The second-order valence-electron chi connectivity index (χ2n) is 7.88. The van der Waals surface area contributed by atoms with Crippen LogP contribution in [0.1, 0.15) is 36.8 Å². The molecule has 6 nitrogen and oxygen atoms in total. The van der Waals surface area contributed by atoms with Crippen molar-refractivity contribution < 1.29 is 14.3 Å². The molecule has 2 saturated heterocycles. The van der Waals surface area contributed by atoms with Gasteiger partial charge in [-0.15, -0.1) is 0 Å². The molecule has 2 amide bonds. The Bertz CT molecular complexity index is 658. The van der Waals surface area contributed by atoms with E-state index in [1.807, 2.05) is 17.0 Å². The second-order valence-corrected chi connectivity index (χ2v) is 7.88. The maximum Gasteiger partial charge on any atom is 0.234 e. The molecule has 6 heteroatoms. The first kappa shape index (κ1) is 20.8. The Balaban J connectivity index is 1.38. The van der Waals surface area contributed by atoms with Crippen LogP contribution in [0.25, 0.3) is 0 Å². The molecule has 1 atom stereocenters. The molecule has 0 saturated carbocycles. The van der Waals surface area contributed by atoms with Gasteiger partial charge in [0.2, 0.25) is 11.8 Å². The first-order chi connectivity index (χ1) is 13.6. The molecule has 28 heavy (non-hydrogen) atoms. The molecule has 0 aliphatic carbocycles. The van der Waals surface area contributed by atoms with E-state index in [4.69, 9.17) is 4.74 Å². The van der Waals surface area contributed by atoms with Crippen LogP contribution in [-0.4, -0.2) is 73.6 Å². The fourth-order valence-corrected chi connectivity index (χ4v) is 3.96. The molecule has 1 aromatic carbocycles. The van der Waals surface area contributed by atoms with Gasteiger partial charge in [-0.05, 0) is 43.7 Å². The van der Waals surface area contributed by atoms with Crippen molar-refractivity contribution in [2.75, 3.05) is 45.9 Å². The van der Waals surface area contributed by atoms with E-state index in [1.54, 1.807) is 0 Å². The highest BCUT2D eigenvalue weighted by Gasteiger charge is 2.21. The molecule has 154 valence electrons. The highest BCUT2D eigenvalue weighted by Crippen LogP contribution is 2.12. The van der Waals surface area contributed by atoms with Crippen molar-refractivity contribution in [3.05, 3.63) is 35.4 Å². The SMILES string of the molecule is Cc1ccccc1CCC(=O)N1CCCN(CC(=O)NCC2CCCO2)CC1.